The van der Waals surface area contributed by atoms with E-state index in [1.54, 1.807) is 0 Å². The third-order valence-corrected chi connectivity index (χ3v) is 6.72. The van der Waals surface area contributed by atoms with Crippen molar-refractivity contribution in [1.82, 2.24) is 0 Å². The van der Waals surface area contributed by atoms with Gasteiger partial charge in [-0.25, -0.2) is 0 Å². The summed E-state index contributed by atoms with van der Waals surface area (Å²) in [5.41, 5.74) is 1.15. The van der Waals surface area contributed by atoms with Crippen molar-refractivity contribution < 1.29 is 0 Å². The first kappa shape index (κ1) is 12.7. The summed E-state index contributed by atoms with van der Waals surface area (Å²) in [4.78, 5) is 0. The topological polar surface area (TPSA) is 0 Å². The predicted octanol–water partition coefficient (Wildman–Crippen LogP) is 4.49. The van der Waals surface area contributed by atoms with Gasteiger partial charge in [-0.15, -0.1) is 44.8 Å². The summed E-state index contributed by atoms with van der Waals surface area (Å²) in [5.74, 6) is 0.400. The summed E-state index contributed by atoms with van der Waals surface area (Å²) >= 11 is 23.6. The van der Waals surface area contributed by atoms with Crippen LogP contribution in [0.3, 0.4) is 0 Å². The van der Waals surface area contributed by atoms with Gasteiger partial charge in [0.25, 0.3) is 0 Å². The van der Waals surface area contributed by atoms with Gasteiger partial charge in [0.2, 0.25) is 0 Å². The minimum absolute atomic E-state index is 0.0171. The molecule has 0 nitrogen and oxygen atoms in total. The Bertz CT molecular complexity index is 270. The Hall–Kier alpha value is 0.597. The molecule has 1 aromatic rings. The van der Waals surface area contributed by atoms with Gasteiger partial charge in [-0.3, -0.25) is 0 Å². The fraction of sp³-hybridized carbons (Fsp3) is 0.333. The largest absolute Gasteiger partial charge is 0.345 e. The first-order valence-corrected chi connectivity index (χ1v) is 9.85. The van der Waals surface area contributed by atoms with Crippen molar-refractivity contribution in [2.75, 3.05) is 5.88 Å². The molecule has 0 heterocycles. The van der Waals surface area contributed by atoms with E-state index in [1.807, 2.05) is 30.3 Å². The van der Waals surface area contributed by atoms with Gasteiger partial charge in [-0.05, 0) is 12.0 Å². The van der Waals surface area contributed by atoms with Crippen LogP contribution in [0.2, 0.25) is 5.54 Å². The van der Waals surface area contributed by atoms with Crippen LogP contribution >= 0.6 is 44.8 Å². The second-order valence-corrected chi connectivity index (χ2v) is 12.4. The standard InChI is InChI=1S/C9H10Cl4Si/c10-7-9(14(11,12)13)6-8-4-2-1-3-5-8/h1-5,9H,6-7H2. The maximum absolute atomic E-state index is 5.93. The number of halogens is 4. The van der Waals surface area contributed by atoms with E-state index in [4.69, 9.17) is 44.8 Å². The summed E-state index contributed by atoms with van der Waals surface area (Å²) in [7, 11) is 0. The molecule has 0 aliphatic heterocycles. The highest BCUT2D eigenvalue weighted by molar-refractivity contribution is 7.65. The Kier molecular flexibility index (Phi) is 5.08. The molecule has 1 rings (SSSR count). The van der Waals surface area contributed by atoms with Crippen molar-refractivity contribution in [3.63, 3.8) is 0 Å². The zero-order valence-corrected chi connectivity index (χ0v) is 11.4. The first-order valence-electron chi connectivity index (χ1n) is 4.20. The zero-order valence-electron chi connectivity index (χ0n) is 7.39. The molecule has 0 bridgehead atoms. The summed E-state index contributed by atoms with van der Waals surface area (Å²) in [6.07, 6.45) is 0.743. The lowest BCUT2D eigenvalue weighted by Gasteiger charge is -2.19. The molecular formula is C9H10Cl4Si. The SMILES string of the molecule is ClCC(Cc1ccccc1)[Si](Cl)(Cl)Cl. The molecule has 0 aliphatic carbocycles. The summed E-state index contributed by atoms with van der Waals surface area (Å²) < 4.78 is 0. The molecule has 1 aromatic carbocycles. The number of hydrogen-bond acceptors (Lipinski definition) is 0. The van der Waals surface area contributed by atoms with Crippen LogP contribution in [0, 0.1) is 0 Å². The van der Waals surface area contributed by atoms with Crippen LogP contribution in [0.4, 0.5) is 0 Å². The number of benzene rings is 1. The van der Waals surface area contributed by atoms with Crippen molar-refractivity contribution in [3.05, 3.63) is 35.9 Å². The van der Waals surface area contributed by atoms with Crippen LogP contribution in [0.1, 0.15) is 5.56 Å². The lowest BCUT2D eigenvalue weighted by molar-refractivity contribution is 0.911. The van der Waals surface area contributed by atoms with Crippen LogP contribution in [-0.2, 0) is 6.42 Å². The molecule has 14 heavy (non-hydrogen) atoms. The molecule has 5 heteroatoms. The highest BCUT2D eigenvalue weighted by atomic mass is 35.8. The van der Waals surface area contributed by atoms with Crippen molar-refractivity contribution >= 4 is 50.8 Å². The Morgan fingerprint density at radius 1 is 1.07 bits per heavy atom. The van der Waals surface area contributed by atoms with Crippen molar-refractivity contribution in [2.45, 2.75) is 12.0 Å². The van der Waals surface area contributed by atoms with Gasteiger partial charge in [0, 0.05) is 11.4 Å². The molecule has 1 atom stereocenters. The molecule has 0 saturated heterocycles. The smallest absolute Gasteiger partial charge is 0.127 e. The maximum atomic E-state index is 5.93. The Labute approximate surface area is 104 Å². The number of rotatable bonds is 4. The first-order chi connectivity index (χ1) is 6.54. The molecule has 0 amide bonds. The van der Waals surface area contributed by atoms with E-state index >= 15 is 0 Å². The number of alkyl halides is 1. The predicted molar refractivity (Wildman–Crippen MR) is 67.9 cm³/mol. The van der Waals surface area contributed by atoms with Gasteiger partial charge in [0.15, 0.2) is 0 Å². The minimum Gasteiger partial charge on any atom is -0.127 e. The third-order valence-electron chi connectivity index (χ3n) is 1.97. The van der Waals surface area contributed by atoms with Crippen LogP contribution in [0.25, 0.3) is 0 Å². The lowest BCUT2D eigenvalue weighted by atomic mass is 10.1. The zero-order chi connectivity index (χ0) is 10.6. The molecule has 0 aromatic heterocycles. The lowest BCUT2D eigenvalue weighted by Crippen LogP contribution is -2.23. The Morgan fingerprint density at radius 3 is 2.07 bits per heavy atom. The molecular weight excluding hydrogens is 278 g/mol. The van der Waals surface area contributed by atoms with Gasteiger partial charge < -0.3 is 0 Å². The van der Waals surface area contributed by atoms with Gasteiger partial charge >= 0.3 is 6.00 Å². The van der Waals surface area contributed by atoms with Gasteiger partial charge in [0.1, 0.15) is 0 Å². The van der Waals surface area contributed by atoms with Crippen molar-refractivity contribution in [3.8, 4) is 0 Å². The van der Waals surface area contributed by atoms with E-state index in [-0.39, 0.29) is 5.54 Å². The average molecular weight is 288 g/mol. The fourth-order valence-electron chi connectivity index (χ4n) is 1.16. The molecule has 0 N–H and O–H groups in total. The Balaban J connectivity index is 2.67. The van der Waals surface area contributed by atoms with Crippen LogP contribution in [0.15, 0.2) is 30.3 Å². The van der Waals surface area contributed by atoms with Gasteiger partial charge in [-0.1, -0.05) is 30.3 Å². The summed E-state index contributed by atoms with van der Waals surface area (Å²) in [6, 6.07) is 7.26. The highest BCUT2D eigenvalue weighted by Crippen LogP contribution is 2.37. The summed E-state index contributed by atoms with van der Waals surface area (Å²) in [5, 5.41) is 0. The molecule has 0 radical (unpaired) electrons. The molecule has 1 unspecified atom stereocenters. The van der Waals surface area contributed by atoms with E-state index in [2.05, 4.69) is 0 Å². The van der Waals surface area contributed by atoms with E-state index in [0.717, 1.165) is 12.0 Å². The van der Waals surface area contributed by atoms with E-state index in [1.165, 1.54) is 0 Å². The maximum Gasteiger partial charge on any atom is 0.345 e. The van der Waals surface area contributed by atoms with Crippen LogP contribution in [0.5, 0.6) is 0 Å². The molecule has 0 spiro atoms. The molecule has 0 aliphatic rings. The normalized spacial score (nSPS) is 14.0. The van der Waals surface area contributed by atoms with E-state index < -0.39 is 6.00 Å². The Morgan fingerprint density at radius 2 is 1.64 bits per heavy atom. The van der Waals surface area contributed by atoms with E-state index in [0.29, 0.717) is 5.88 Å². The van der Waals surface area contributed by atoms with Crippen LogP contribution in [-0.4, -0.2) is 11.9 Å². The van der Waals surface area contributed by atoms with E-state index in [9.17, 15) is 0 Å². The van der Waals surface area contributed by atoms with Gasteiger partial charge in [0.05, 0.1) is 0 Å². The second kappa shape index (κ2) is 5.62. The molecule has 0 saturated carbocycles. The van der Waals surface area contributed by atoms with Crippen LogP contribution < -0.4 is 0 Å². The monoisotopic (exact) mass is 286 g/mol. The molecule has 0 fully saturated rings. The quantitative estimate of drug-likeness (QED) is 0.435. The van der Waals surface area contributed by atoms with Crippen molar-refractivity contribution in [1.29, 1.82) is 0 Å². The highest BCUT2D eigenvalue weighted by Gasteiger charge is 2.35. The number of hydrogen-bond donors (Lipinski definition) is 0. The summed E-state index contributed by atoms with van der Waals surface area (Å²) in [6.45, 7) is 0. The molecule has 78 valence electrons. The minimum atomic E-state index is -2.68. The van der Waals surface area contributed by atoms with Gasteiger partial charge in [-0.2, -0.15) is 0 Å². The third kappa shape index (κ3) is 3.99. The second-order valence-electron chi connectivity index (χ2n) is 3.08. The average Bonchev–Trinajstić information content (AvgIpc) is 2.14. The fourth-order valence-corrected chi connectivity index (χ4v) is 4.70. The van der Waals surface area contributed by atoms with Crippen molar-refractivity contribution in [2.24, 2.45) is 0 Å².